The molecular formula is C18H20N4O3S. The van der Waals surface area contributed by atoms with Gasteiger partial charge in [0.15, 0.2) is 0 Å². The molecule has 0 bridgehead atoms. The second-order valence-corrected chi connectivity index (χ2v) is 8.12. The highest BCUT2D eigenvalue weighted by molar-refractivity contribution is 7.90. The lowest BCUT2D eigenvalue weighted by Gasteiger charge is -2.13. The highest BCUT2D eigenvalue weighted by Crippen LogP contribution is 2.28. The summed E-state index contributed by atoms with van der Waals surface area (Å²) in [6.45, 7) is 1.56. The molecule has 8 heteroatoms. The average Bonchev–Trinajstić information content (AvgIpc) is 3.30. The number of hydrogen-bond donors (Lipinski definition) is 2. The Morgan fingerprint density at radius 1 is 1.23 bits per heavy atom. The minimum Gasteiger partial charge on any atom is -0.491 e. The van der Waals surface area contributed by atoms with Crippen LogP contribution in [0.2, 0.25) is 0 Å². The number of aromatic nitrogens is 2. The third-order valence-corrected chi connectivity index (χ3v) is 6.16. The van der Waals surface area contributed by atoms with Crippen molar-refractivity contribution in [3.8, 4) is 5.75 Å². The van der Waals surface area contributed by atoms with Gasteiger partial charge in [-0.1, -0.05) is 6.07 Å². The molecule has 0 radical (unpaired) electrons. The van der Waals surface area contributed by atoms with E-state index in [1.165, 1.54) is 18.3 Å². The first-order valence-electron chi connectivity index (χ1n) is 8.50. The van der Waals surface area contributed by atoms with Crippen LogP contribution in [0.1, 0.15) is 12.8 Å². The Kier molecular flexibility index (Phi) is 4.29. The number of benzene rings is 2. The van der Waals surface area contributed by atoms with Gasteiger partial charge >= 0.3 is 0 Å². The zero-order valence-corrected chi connectivity index (χ0v) is 14.9. The quantitative estimate of drug-likeness (QED) is 0.665. The molecule has 1 saturated heterocycles. The predicted octanol–water partition coefficient (Wildman–Crippen LogP) is 1.99. The predicted molar refractivity (Wildman–Crippen MR) is 99.7 cm³/mol. The molecule has 136 valence electrons. The van der Waals surface area contributed by atoms with Crippen LogP contribution in [-0.4, -0.2) is 36.8 Å². The van der Waals surface area contributed by atoms with Gasteiger partial charge in [0, 0.05) is 11.7 Å². The smallest absolute Gasteiger partial charge is 0.283 e. The van der Waals surface area contributed by atoms with Gasteiger partial charge in [0.25, 0.3) is 10.0 Å². The molecule has 3 aromatic rings. The number of hydrogen-bond acceptors (Lipinski definition) is 6. The third kappa shape index (κ3) is 3.02. The summed E-state index contributed by atoms with van der Waals surface area (Å²) < 4.78 is 32.8. The molecule has 2 heterocycles. The molecule has 1 aromatic heterocycles. The number of anilines is 1. The van der Waals surface area contributed by atoms with Crippen LogP contribution >= 0.6 is 0 Å². The molecule has 4 rings (SSSR count). The van der Waals surface area contributed by atoms with E-state index in [-0.39, 0.29) is 4.90 Å². The molecular weight excluding hydrogens is 352 g/mol. The Hall–Kier alpha value is -2.58. The Morgan fingerprint density at radius 3 is 2.77 bits per heavy atom. The Labute approximate surface area is 151 Å². The van der Waals surface area contributed by atoms with E-state index in [0.717, 1.165) is 23.5 Å². The fourth-order valence-corrected chi connectivity index (χ4v) is 4.42. The fraction of sp³-hybridized carbons (Fsp3) is 0.278. The summed E-state index contributed by atoms with van der Waals surface area (Å²) in [5.41, 5.74) is 6.64. The maximum absolute atomic E-state index is 12.9. The van der Waals surface area contributed by atoms with Crippen molar-refractivity contribution in [1.29, 1.82) is 0 Å². The maximum atomic E-state index is 12.9. The van der Waals surface area contributed by atoms with Gasteiger partial charge in [0.05, 0.1) is 22.0 Å². The van der Waals surface area contributed by atoms with Crippen LogP contribution in [-0.2, 0) is 10.0 Å². The first kappa shape index (κ1) is 16.9. The summed E-state index contributed by atoms with van der Waals surface area (Å²) in [4.78, 5) is 0.137. The van der Waals surface area contributed by atoms with Crippen molar-refractivity contribution >= 4 is 26.6 Å². The van der Waals surface area contributed by atoms with E-state index in [1.54, 1.807) is 24.3 Å². The number of fused-ring (bicyclic) bond motifs is 1. The van der Waals surface area contributed by atoms with E-state index in [1.807, 2.05) is 6.07 Å². The second kappa shape index (κ2) is 6.62. The summed E-state index contributed by atoms with van der Waals surface area (Å²) in [5.74, 6) is 0.634. The van der Waals surface area contributed by atoms with Crippen LogP contribution in [0.25, 0.3) is 10.9 Å². The number of nitrogens with zero attached hydrogens (tertiary/aromatic N) is 2. The topological polar surface area (TPSA) is 99.2 Å². The monoisotopic (exact) mass is 372 g/mol. The molecule has 1 fully saturated rings. The molecule has 1 atom stereocenters. The van der Waals surface area contributed by atoms with E-state index in [2.05, 4.69) is 10.4 Å². The number of nitrogen functional groups attached to an aromatic ring is 1. The fourth-order valence-electron chi connectivity index (χ4n) is 3.15. The Bertz CT molecular complexity index is 1020. The lowest BCUT2D eigenvalue weighted by molar-refractivity contribution is 0.280. The van der Waals surface area contributed by atoms with Crippen LogP contribution in [0.4, 0.5) is 5.69 Å². The Balaban J connectivity index is 1.68. The molecule has 0 saturated carbocycles. The van der Waals surface area contributed by atoms with Crippen LogP contribution in [0.3, 0.4) is 0 Å². The standard InChI is InChI=1S/C18H20N4O3S/c19-13-6-8-15(9-7-13)26(23,24)22-17-4-1-5-18(16(17)11-21-22)25-12-14-3-2-10-20-14/h1,4-9,11,14,20H,2-3,10,12,19H2. The van der Waals surface area contributed by atoms with Gasteiger partial charge in [-0.3, -0.25) is 0 Å². The molecule has 7 nitrogen and oxygen atoms in total. The van der Waals surface area contributed by atoms with Gasteiger partial charge in [0.2, 0.25) is 0 Å². The number of nitrogens with one attached hydrogen (secondary N) is 1. The highest BCUT2D eigenvalue weighted by atomic mass is 32.2. The van der Waals surface area contributed by atoms with Gasteiger partial charge in [-0.2, -0.15) is 17.6 Å². The normalized spacial score (nSPS) is 17.6. The minimum absolute atomic E-state index is 0.137. The van der Waals surface area contributed by atoms with E-state index in [4.69, 9.17) is 10.5 Å². The average molecular weight is 372 g/mol. The lowest BCUT2D eigenvalue weighted by Crippen LogP contribution is -2.28. The molecule has 0 aliphatic carbocycles. The van der Waals surface area contributed by atoms with Crippen molar-refractivity contribution in [2.24, 2.45) is 0 Å². The SMILES string of the molecule is Nc1ccc(S(=O)(=O)n2ncc3c(OCC4CCCN4)cccc32)cc1. The van der Waals surface area contributed by atoms with Crippen molar-refractivity contribution in [3.63, 3.8) is 0 Å². The van der Waals surface area contributed by atoms with Crippen LogP contribution in [0.15, 0.2) is 53.6 Å². The molecule has 26 heavy (non-hydrogen) atoms. The first-order valence-corrected chi connectivity index (χ1v) is 9.94. The van der Waals surface area contributed by atoms with E-state index in [0.29, 0.717) is 35.0 Å². The van der Waals surface area contributed by atoms with Gasteiger partial charge in [-0.05, 0) is 55.8 Å². The van der Waals surface area contributed by atoms with Gasteiger partial charge in [-0.25, -0.2) is 0 Å². The Morgan fingerprint density at radius 2 is 2.04 bits per heavy atom. The van der Waals surface area contributed by atoms with Crippen molar-refractivity contribution in [2.45, 2.75) is 23.8 Å². The van der Waals surface area contributed by atoms with E-state index in [9.17, 15) is 8.42 Å². The largest absolute Gasteiger partial charge is 0.491 e. The van der Waals surface area contributed by atoms with Crippen LogP contribution in [0.5, 0.6) is 5.75 Å². The number of rotatable bonds is 5. The van der Waals surface area contributed by atoms with Crippen LogP contribution in [0, 0.1) is 0 Å². The maximum Gasteiger partial charge on any atom is 0.283 e. The van der Waals surface area contributed by atoms with Gasteiger partial charge in [-0.15, -0.1) is 0 Å². The lowest BCUT2D eigenvalue weighted by atomic mass is 10.2. The van der Waals surface area contributed by atoms with Gasteiger partial charge in [0.1, 0.15) is 12.4 Å². The number of ether oxygens (including phenoxy) is 1. The van der Waals surface area contributed by atoms with Crippen molar-refractivity contribution in [2.75, 3.05) is 18.9 Å². The van der Waals surface area contributed by atoms with Crippen molar-refractivity contribution in [3.05, 3.63) is 48.7 Å². The van der Waals surface area contributed by atoms with Crippen molar-refractivity contribution in [1.82, 2.24) is 14.5 Å². The third-order valence-electron chi connectivity index (χ3n) is 4.55. The van der Waals surface area contributed by atoms with E-state index < -0.39 is 10.0 Å². The zero-order chi connectivity index (χ0) is 18.1. The van der Waals surface area contributed by atoms with Gasteiger partial charge < -0.3 is 15.8 Å². The second-order valence-electron chi connectivity index (χ2n) is 6.35. The molecule has 1 aliphatic rings. The number of nitrogens with two attached hydrogens (primary N) is 1. The zero-order valence-electron chi connectivity index (χ0n) is 14.1. The molecule has 1 unspecified atom stereocenters. The highest BCUT2D eigenvalue weighted by Gasteiger charge is 2.22. The first-order chi connectivity index (χ1) is 12.6. The summed E-state index contributed by atoms with van der Waals surface area (Å²) >= 11 is 0. The van der Waals surface area contributed by atoms with Crippen molar-refractivity contribution < 1.29 is 13.2 Å². The van der Waals surface area contributed by atoms with Crippen LogP contribution < -0.4 is 15.8 Å². The molecule has 0 spiro atoms. The summed E-state index contributed by atoms with van der Waals surface area (Å²) in [6.07, 6.45) is 3.76. The summed E-state index contributed by atoms with van der Waals surface area (Å²) in [6, 6.07) is 11.7. The molecule has 2 aromatic carbocycles. The summed E-state index contributed by atoms with van der Waals surface area (Å²) in [5, 5.41) is 8.16. The molecule has 1 aliphatic heterocycles. The molecule has 3 N–H and O–H groups in total. The summed E-state index contributed by atoms with van der Waals surface area (Å²) in [7, 11) is -3.80. The molecule has 0 amide bonds. The van der Waals surface area contributed by atoms with E-state index >= 15 is 0 Å². The minimum atomic E-state index is -3.80.